The van der Waals surface area contributed by atoms with E-state index in [1.54, 1.807) is 18.3 Å². The van der Waals surface area contributed by atoms with Crippen LogP contribution in [0.25, 0.3) is 11.0 Å². The molecule has 0 radical (unpaired) electrons. The first-order valence-electron chi connectivity index (χ1n) is 9.45. The van der Waals surface area contributed by atoms with Gasteiger partial charge < -0.3 is 4.90 Å². The Bertz CT molecular complexity index is 959. The Morgan fingerprint density at radius 3 is 2.93 bits per heavy atom. The first-order chi connectivity index (χ1) is 13.2. The largest absolute Gasteiger partial charge is 0.337 e. The molecule has 0 saturated carbocycles. The Labute approximate surface area is 158 Å². The molecule has 27 heavy (non-hydrogen) atoms. The molecule has 1 aliphatic rings. The molecule has 1 atom stereocenters. The summed E-state index contributed by atoms with van der Waals surface area (Å²) in [5.74, 6) is 0.202. The topological polar surface area (TPSA) is 46.1 Å². The molecule has 1 saturated heterocycles. The Morgan fingerprint density at radius 2 is 2.04 bits per heavy atom. The van der Waals surface area contributed by atoms with Gasteiger partial charge in [-0.1, -0.05) is 18.2 Å². The van der Waals surface area contributed by atoms with Crippen molar-refractivity contribution in [1.29, 1.82) is 0 Å². The van der Waals surface area contributed by atoms with Crippen LogP contribution in [0.5, 0.6) is 0 Å². The molecule has 0 aliphatic carbocycles. The zero-order valence-corrected chi connectivity index (χ0v) is 15.1. The molecule has 1 fully saturated rings. The highest BCUT2D eigenvalue weighted by Gasteiger charge is 2.25. The number of amides is 1. The number of aryl methyl sites for hydroxylation is 1. The van der Waals surface area contributed by atoms with E-state index in [4.69, 9.17) is 0 Å². The fourth-order valence-electron chi connectivity index (χ4n) is 3.78. The number of carbonyl (C=O) groups is 1. The van der Waals surface area contributed by atoms with Gasteiger partial charge >= 0.3 is 0 Å². The lowest BCUT2D eigenvalue weighted by Gasteiger charge is -2.32. The van der Waals surface area contributed by atoms with Crippen LogP contribution in [0.4, 0.5) is 4.39 Å². The number of rotatable bonds is 4. The van der Waals surface area contributed by atoms with Crippen molar-refractivity contribution in [3.63, 3.8) is 0 Å². The molecule has 0 N–H and O–H groups in total. The van der Waals surface area contributed by atoms with E-state index in [1.165, 1.54) is 6.07 Å². The van der Waals surface area contributed by atoms with E-state index in [0.717, 1.165) is 36.8 Å². The first kappa shape index (κ1) is 17.6. The van der Waals surface area contributed by atoms with Crippen LogP contribution in [0, 0.1) is 11.7 Å². The quantitative estimate of drug-likeness (QED) is 0.696. The first-order valence-corrected chi connectivity index (χ1v) is 9.45. The lowest BCUT2D eigenvalue weighted by molar-refractivity contribution is 0.0662. The summed E-state index contributed by atoms with van der Waals surface area (Å²) in [6.07, 6.45) is 5.32. The summed E-state index contributed by atoms with van der Waals surface area (Å²) < 4.78 is 13.8. The van der Waals surface area contributed by atoms with E-state index in [0.29, 0.717) is 30.2 Å². The molecule has 4 rings (SSSR count). The van der Waals surface area contributed by atoms with Gasteiger partial charge in [0.15, 0.2) is 5.65 Å². The predicted octanol–water partition coefficient (Wildman–Crippen LogP) is 4.25. The van der Waals surface area contributed by atoms with Crippen LogP contribution in [0.1, 0.15) is 35.3 Å². The highest BCUT2D eigenvalue weighted by Crippen LogP contribution is 2.23. The Morgan fingerprint density at radius 1 is 1.15 bits per heavy atom. The van der Waals surface area contributed by atoms with Crippen molar-refractivity contribution in [3.8, 4) is 0 Å². The van der Waals surface area contributed by atoms with Gasteiger partial charge in [0.05, 0.1) is 0 Å². The van der Waals surface area contributed by atoms with Crippen LogP contribution in [-0.2, 0) is 6.42 Å². The number of hydrogen-bond donors (Lipinski definition) is 0. The number of likely N-dealkylation sites (tertiary alicyclic amines) is 1. The third kappa shape index (κ3) is 3.97. The molecule has 3 heterocycles. The number of benzene rings is 1. The molecule has 1 amide bonds. The summed E-state index contributed by atoms with van der Waals surface area (Å²) in [4.78, 5) is 23.4. The average molecular weight is 363 g/mol. The Hall–Kier alpha value is -2.82. The SMILES string of the molecule is O=C(c1ccc2cccnc2n1)N1CCCC(CCc2ccccc2F)C1. The van der Waals surface area contributed by atoms with Crippen molar-refractivity contribution < 1.29 is 9.18 Å². The number of nitrogens with zero attached hydrogens (tertiary/aromatic N) is 3. The summed E-state index contributed by atoms with van der Waals surface area (Å²) >= 11 is 0. The second kappa shape index (κ2) is 7.82. The number of piperidine rings is 1. The lowest BCUT2D eigenvalue weighted by atomic mass is 9.91. The zero-order chi connectivity index (χ0) is 18.6. The van der Waals surface area contributed by atoms with E-state index in [1.807, 2.05) is 35.2 Å². The van der Waals surface area contributed by atoms with Gasteiger partial charge in [0, 0.05) is 24.7 Å². The van der Waals surface area contributed by atoms with Gasteiger partial charge in [0.2, 0.25) is 0 Å². The number of aromatic nitrogens is 2. The minimum Gasteiger partial charge on any atom is -0.337 e. The maximum Gasteiger partial charge on any atom is 0.272 e. The second-order valence-electron chi connectivity index (χ2n) is 7.14. The highest BCUT2D eigenvalue weighted by molar-refractivity contribution is 5.94. The Kier molecular flexibility index (Phi) is 5.10. The third-order valence-electron chi connectivity index (χ3n) is 5.27. The molecule has 1 aromatic carbocycles. The van der Waals surface area contributed by atoms with Crippen molar-refractivity contribution in [2.45, 2.75) is 25.7 Å². The van der Waals surface area contributed by atoms with Crippen molar-refractivity contribution in [2.24, 2.45) is 5.92 Å². The zero-order valence-electron chi connectivity index (χ0n) is 15.1. The number of carbonyl (C=O) groups excluding carboxylic acids is 1. The number of pyridine rings is 2. The number of halogens is 1. The van der Waals surface area contributed by atoms with Gasteiger partial charge in [-0.05, 0) is 67.5 Å². The molecular formula is C22H22FN3O. The molecule has 1 aliphatic heterocycles. The van der Waals surface area contributed by atoms with Crippen LogP contribution < -0.4 is 0 Å². The molecule has 138 valence electrons. The normalized spacial score (nSPS) is 17.2. The van der Waals surface area contributed by atoms with Crippen molar-refractivity contribution in [3.05, 3.63) is 71.8 Å². The predicted molar refractivity (Wildman–Crippen MR) is 103 cm³/mol. The second-order valence-corrected chi connectivity index (χ2v) is 7.14. The van der Waals surface area contributed by atoms with Crippen LogP contribution in [0.15, 0.2) is 54.7 Å². The molecule has 5 heteroatoms. The van der Waals surface area contributed by atoms with Crippen molar-refractivity contribution >= 4 is 16.9 Å². The molecule has 3 aromatic rings. The van der Waals surface area contributed by atoms with Crippen molar-refractivity contribution in [1.82, 2.24) is 14.9 Å². The third-order valence-corrected chi connectivity index (χ3v) is 5.27. The molecule has 2 aromatic heterocycles. The standard InChI is InChI=1S/C22H22FN3O/c23-19-8-2-1-6-17(19)10-9-16-5-4-14-26(15-16)22(27)20-12-11-18-7-3-13-24-21(18)25-20/h1-3,6-8,11-13,16H,4-5,9-10,14-15H2. The van der Waals surface area contributed by atoms with Gasteiger partial charge in [0.25, 0.3) is 5.91 Å². The number of hydrogen-bond acceptors (Lipinski definition) is 3. The van der Waals surface area contributed by atoms with Crippen LogP contribution in [0.3, 0.4) is 0 Å². The van der Waals surface area contributed by atoms with Gasteiger partial charge in [-0.3, -0.25) is 4.79 Å². The van der Waals surface area contributed by atoms with Crippen LogP contribution in [-0.4, -0.2) is 33.9 Å². The molecule has 4 nitrogen and oxygen atoms in total. The molecule has 0 bridgehead atoms. The molecule has 0 spiro atoms. The molecule has 1 unspecified atom stereocenters. The fourth-order valence-corrected chi connectivity index (χ4v) is 3.78. The number of fused-ring (bicyclic) bond motifs is 1. The van der Waals surface area contributed by atoms with E-state index in [9.17, 15) is 9.18 Å². The minimum absolute atomic E-state index is 0.0434. The van der Waals surface area contributed by atoms with E-state index < -0.39 is 0 Å². The monoisotopic (exact) mass is 363 g/mol. The summed E-state index contributed by atoms with van der Waals surface area (Å²) in [6, 6.07) is 14.4. The van der Waals surface area contributed by atoms with Crippen LogP contribution in [0.2, 0.25) is 0 Å². The summed E-state index contributed by atoms with van der Waals surface area (Å²) in [5, 5.41) is 0.926. The average Bonchev–Trinajstić information content (AvgIpc) is 2.72. The Balaban J connectivity index is 1.42. The molecular weight excluding hydrogens is 341 g/mol. The van der Waals surface area contributed by atoms with Crippen LogP contribution >= 0.6 is 0 Å². The van der Waals surface area contributed by atoms with Gasteiger partial charge in [-0.25, -0.2) is 14.4 Å². The fraction of sp³-hybridized carbons (Fsp3) is 0.318. The van der Waals surface area contributed by atoms with E-state index >= 15 is 0 Å². The highest BCUT2D eigenvalue weighted by atomic mass is 19.1. The smallest absolute Gasteiger partial charge is 0.272 e. The summed E-state index contributed by atoms with van der Waals surface area (Å²) in [6.45, 7) is 1.45. The van der Waals surface area contributed by atoms with Gasteiger partial charge in [-0.2, -0.15) is 0 Å². The summed E-state index contributed by atoms with van der Waals surface area (Å²) in [5.41, 5.74) is 1.79. The van der Waals surface area contributed by atoms with E-state index in [2.05, 4.69) is 9.97 Å². The van der Waals surface area contributed by atoms with Gasteiger partial charge in [0.1, 0.15) is 11.5 Å². The van der Waals surface area contributed by atoms with Gasteiger partial charge in [-0.15, -0.1) is 0 Å². The van der Waals surface area contributed by atoms with Crippen molar-refractivity contribution in [2.75, 3.05) is 13.1 Å². The maximum atomic E-state index is 13.8. The summed E-state index contributed by atoms with van der Waals surface area (Å²) in [7, 11) is 0. The maximum absolute atomic E-state index is 13.8. The lowest BCUT2D eigenvalue weighted by Crippen LogP contribution is -2.40. The minimum atomic E-state index is -0.144. The van der Waals surface area contributed by atoms with E-state index in [-0.39, 0.29) is 11.7 Å².